The van der Waals surface area contributed by atoms with E-state index in [-0.39, 0.29) is 31.0 Å². The van der Waals surface area contributed by atoms with Crippen molar-refractivity contribution in [1.29, 1.82) is 0 Å². The quantitative estimate of drug-likeness (QED) is 0.835. The van der Waals surface area contributed by atoms with Gasteiger partial charge in [0.15, 0.2) is 6.61 Å². The second-order valence-corrected chi connectivity index (χ2v) is 6.28. The van der Waals surface area contributed by atoms with E-state index in [0.29, 0.717) is 12.0 Å². The van der Waals surface area contributed by atoms with E-state index in [1.54, 1.807) is 0 Å². The highest BCUT2D eigenvalue weighted by Crippen LogP contribution is 2.28. The minimum Gasteiger partial charge on any atom is -0.483 e. The van der Waals surface area contributed by atoms with Crippen LogP contribution < -0.4 is 15.4 Å². The number of halogens is 1. The van der Waals surface area contributed by atoms with E-state index >= 15 is 0 Å². The fraction of sp³-hybridized carbons (Fsp3) is 0.611. The zero-order valence-corrected chi connectivity index (χ0v) is 15.1. The lowest BCUT2D eigenvalue weighted by molar-refractivity contribution is -0.124. The lowest BCUT2D eigenvalue weighted by atomic mass is 9.98. The van der Waals surface area contributed by atoms with E-state index in [4.69, 9.17) is 4.74 Å². The zero-order valence-electron chi connectivity index (χ0n) is 14.3. The zero-order chi connectivity index (χ0) is 15.9. The SMILES string of the molecule is CCC(C)c1ccccc1OCC(=O)NC1CCNC(C)C1.Cl. The molecule has 130 valence electrons. The first-order valence-corrected chi connectivity index (χ1v) is 8.34. The Morgan fingerprint density at radius 2 is 2.17 bits per heavy atom. The van der Waals surface area contributed by atoms with Crippen LogP contribution in [-0.4, -0.2) is 31.1 Å². The molecule has 0 radical (unpaired) electrons. The van der Waals surface area contributed by atoms with Gasteiger partial charge in [-0.3, -0.25) is 4.79 Å². The van der Waals surface area contributed by atoms with Crippen LogP contribution >= 0.6 is 12.4 Å². The Morgan fingerprint density at radius 3 is 2.87 bits per heavy atom. The van der Waals surface area contributed by atoms with Crippen molar-refractivity contribution in [1.82, 2.24) is 10.6 Å². The molecule has 2 N–H and O–H groups in total. The Kier molecular flexibility index (Phi) is 8.42. The van der Waals surface area contributed by atoms with Gasteiger partial charge >= 0.3 is 0 Å². The minimum atomic E-state index is -0.0296. The number of para-hydroxylation sites is 1. The molecule has 0 saturated carbocycles. The van der Waals surface area contributed by atoms with Crippen LogP contribution in [-0.2, 0) is 4.79 Å². The van der Waals surface area contributed by atoms with Crippen LogP contribution in [0.1, 0.15) is 51.5 Å². The van der Waals surface area contributed by atoms with Gasteiger partial charge in [0.05, 0.1) is 0 Å². The van der Waals surface area contributed by atoms with E-state index in [9.17, 15) is 4.79 Å². The molecule has 5 heteroatoms. The molecular formula is C18H29ClN2O2. The van der Waals surface area contributed by atoms with E-state index in [1.165, 1.54) is 5.56 Å². The summed E-state index contributed by atoms with van der Waals surface area (Å²) in [6, 6.07) is 8.72. The highest BCUT2D eigenvalue weighted by Gasteiger charge is 2.20. The summed E-state index contributed by atoms with van der Waals surface area (Å²) in [6.07, 6.45) is 3.02. The Morgan fingerprint density at radius 1 is 1.43 bits per heavy atom. The summed E-state index contributed by atoms with van der Waals surface area (Å²) in [5, 5.41) is 6.47. The molecule has 1 amide bonds. The largest absolute Gasteiger partial charge is 0.483 e. The van der Waals surface area contributed by atoms with Crippen molar-refractivity contribution in [3.8, 4) is 5.75 Å². The lowest BCUT2D eigenvalue weighted by Gasteiger charge is -2.28. The van der Waals surface area contributed by atoms with Crippen LogP contribution in [0.2, 0.25) is 0 Å². The molecule has 0 spiro atoms. The number of piperidine rings is 1. The second kappa shape index (κ2) is 9.78. The van der Waals surface area contributed by atoms with E-state index in [1.807, 2.05) is 18.2 Å². The van der Waals surface area contributed by atoms with Crippen LogP contribution in [0.3, 0.4) is 0 Å². The van der Waals surface area contributed by atoms with Crippen molar-refractivity contribution >= 4 is 18.3 Å². The van der Waals surface area contributed by atoms with Crippen molar-refractivity contribution in [2.24, 2.45) is 0 Å². The highest BCUT2D eigenvalue weighted by molar-refractivity contribution is 5.85. The van der Waals surface area contributed by atoms with Crippen LogP contribution in [0.4, 0.5) is 0 Å². The van der Waals surface area contributed by atoms with E-state index < -0.39 is 0 Å². The average molecular weight is 341 g/mol. The number of benzene rings is 1. The van der Waals surface area contributed by atoms with Crippen molar-refractivity contribution in [2.45, 2.75) is 58.0 Å². The van der Waals surface area contributed by atoms with Crippen LogP contribution in [0, 0.1) is 0 Å². The number of nitrogens with one attached hydrogen (secondary N) is 2. The molecule has 1 heterocycles. The van der Waals surface area contributed by atoms with Gasteiger partial charge in [-0.05, 0) is 50.3 Å². The number of hydrogen-bond donors (Lipinski definition) is 2. The Hall–Kier alpha value is -1.26. The number of ether oxygens (including phenoxy) is 1. The Labute approximate surface area is 145 Å². The van der Waals surface area contributed by atoms with Gasteiger partial charge in [-0.2, -0.15) is 0 Å². The predicted octanol–water partition coefficient (Wildman–Crippen LogP) is 3.26. The summed E-state index contributed by atoms with van der Waals surface area (Å²) >= 11 is 0. The van der Waals surface area contributed by atoms with Crippen molar-refractivity contribution in [2.75, 3.05) is 13.2 Å². The molecule has 1 fully saturated rings. The van der Waals surface area contributed by atoms with Crippen molar-refractivity contribution in [3.63, 3.8) is 0 Å². The number of carbonyl (C=O) groups excluding carboxylic acids is 1. The van der Waals surface area contributed by atoms with Gasteiger partial charge in [0.25, 0.3) is 5.91 Å². The fourth-order valence-electron chi connectivity index (χ4n) is 2.91. The van der Waals surface area contributed by atoms with Gasteiger partial charge in [-0.25, -0.2) is 0 Å². The molecule has 0 bridgehead atoms. The highest BCUT2D eigenvalue weighted by atomic mass is 35.5. The maximum absolute atomic E-state index is 12.1. The first kappa shape index (κ1) is 19.8. The van der Waals surface area contributed by atoms with Gasteiger partial charge in [-0.15, -0.1) is 12.4 Å². The summed E-state index contributed by atoms with van der Waals surface area (Å²) in [4.78, 5) is 12.1. The lowest BCUT2D eigenvalue weighted by Crippen LogP contribution is -2.47. The summed E-state index contributed by atoms with van der Waals surface area (Å²) in [6.45, 7) is 7.54. The maximum Gasteiger partial charge on any atom is 0.258 e. The molecule has 0 aromatic heterocycles. The van der Waals surface area contributed by atoms with Crippen LogP contribution in [0.25, 0.3) is 0 Å². The third kappa shape index (κ3) is 6.04. The standard InChI is InChI=1S/C18H28N2O2.ClH/c1-4-13(2)16-7-5-6-8-17(16)22-12-18(21)20-15-9-10-19-14(3)11-15;/h5-8,13-15,19H,4,9-12H2,1-3H3,(H,20,21);1H. The normalized spacial score (nSPS) is 21.9. The van der Waals surface area contributed by atoms with Gasteiger partial charge in [0.1, 0.15) is 5.75 Å². The third-order valence-corrected chi connectivity index (χ3v) is 4.41. The van der Waals surface area contributed by atoms with Crippen LogP contribution in [0.15, 0.2) is 24.3 Å². The molecule has 4 nitrogen and oxygen atoms in total. The minimum absolute atomic E-state index is 0. The van der Waals surface area contributed by atoms with Crippen molar-refractivity contribution in [3.05, 3.63) is 29.8 Å². The van der Waals surface area contributed by atoms with Gasteiger partial charge in [0.2, 0.25) is 0 Å². The monoisotopic (exact) mass is 340 g/mol. The van der Waals surface area contributed by atoms with Gasteiger partial charge in [-0.1, -0.05) is 32.0 Å². The fourth-order valence-corrected chi connectivity index (χ4v) is 2.91. The van der Waals surface area contributed by atoms with E-state index in [2.05, 4.69) is 37.5 Å². The average Bonchev–Trinajstić information content (AvgIpc) is 2.52. The topological polar surface area (TPSA) is 50.4 Å². The Bertz CT molecular complexity index is 496. The van der Waals surface area contributed by atoms with E-state index in [0.717, 1.165) is 31.6 Å². The molecule has 2 rings (SSSR count). The second-order valence-electron chi connectivity index (χ2n) is 6.28. The first-order chi connectivity index (χ1) is 10.6. The number of hydrogen-bond acceptors (Lipinski definition) is 3. The molecule has 3 unspecified atom stereocenters. The van der Waals surface area contributed by atoms with Crippen molar-refractivity contribution < 1.29 is 9.53 Å². The molecule has 1 aliphatic heterocycles. The molecule has 1 saturated heterocycles. The molecule has 0 aliphatic carbocycles. The molecule has 3 atom stereocenters. The summed E-state index contributed by atoms with van der Waals surface area (Å²) in [5.41, 5.74) is 1.17. The smallest absolute Gasteiger partial charge is 0.258 e. The van der Waals surface area contributed by atoms with Gasteiger partial charge < -0.3 is 15.4 Å². The molecular weight excluding hydrogens is 312 g/mol. The number of rotatable bonds is 6. The van der Waals surface area contributed by atoms with Crippen LogP contribution in [0.5, 0.6) is 5.75 Å². The molecule has 1 aliphatic rings. The first-order valence-electron chi connectivity index (χ1n) is 8.34. The third-order valence-electron chi connectivity index (χ3n) is 4.41. The predicted molar refractivity (Wildman–Crippen MR) is 96.5 cm³/mol. The molecule has 1 aromatic carbocycles. The molecule has 23 heavy (non-hydrogen) atoms. The number of amides is 1. The molecule has 1 aromatic rings. The Balaban J connectivity index is 0.00000264. The number of carbonyl (C=O) groups is 1. The van der Waals surface area contributed by atoms with Gasteiger partial charge in [0, 0.05) is 12.1 Å². The summed E-state index contributed by atoms with van der Waals surface area (Å²) in [5.74, 6) is 1.23. The maximum atomic E-state index is 12.1. The summed E-state index contributed by atoms with van der Waals surface area (Å²) in [7, 11) is 0. The summed E-state index contributed by atoms with van der Waals surface area (Å²) < 4.78 is 5.76.